The Morgan fingerprint density at radius 1 is 1.09 bits per heavy atom. The van der Waals surface area contributed by atoms with Crippen molar-refractivity contribution in [3.63, 3.8) is 0 Å². The molecule has 0 spiro atoms. The van der Waals surface area contributed by atoms with Gasteiger partial charge in [-0.2, -0.15) is 0 Å². The SMILES string of the molecule is Cc1ccccc1CN(C(=O)CN(c1cccc(Br)c1)S(C)(=O)=O)C(C)C(=O)NC1CCCCC1. The molecule has 1 aliphatic rings. The highest BCUT2D eigenvalue weighted by Crippen LogP contribution is 2.23. The van der Waals surface area contributed by atoms with Crippen LogP contribution in [-0.2, 0) is 26.2 Å². The van der Waals surface area contributed by atoms with Crippen molar-refractivity contribution in [2.45, 2.75) is 64.6 Å². The maximum atomic E-state index is 13.6. The summed E-state index contributed by atoms with van der Waals surface area (Å²) in [4.78, 5) is 28.3. The fourth-order valence-corrected chi connectivity index (χ4v) is 5.60. The van der Waals surface area contributed by atoms with Crippen molar-refractivity contribution in [3.8, 4) is 0 Å². The normalized spacial score (nSPS) is 15.3. The van der Waals surface area contributed by atoms with E-state index in [9.17, 15) is 18.0 Å². The minimum absolute atomic E-state index is 0.114. The second-order valence-corrected chi connectivity index (χ2v) is 12.0. The molecule has 0 saturated heterocycles. The van der Waals surface area contributed by atoms with Gasteiger partial charge in [0.05, 0.1) is 11.9 Å². The summed E-state index contributed by atoms with van der Waals surface area (Å²) < 4.78 is 27.1. The molecule has 9 heteroatoms. The fourth-order valence-electron chi connectivity index (χ4n) is 4.37. The van der Waals surface area contributed by atoms with E-state index in [0.29, 0.717) is 10.2 Å². The van der Waals surface area contributed by atoms with E-state index in [1.165, 1.54) is 11.3 Å². The molecule has 0 aromatic heterocycles. The Hall–Kier alpha value is -2.39. The molecule has 0 aliphatic heterocycles. The average molecular weight is 565 g/mol. The number of carbonyl (C=O) groups excluding carboxylic acids is 2. The molecule has 2 aromatic carbocycles. The van der Waals surface area contributed by atoms with Crippen molar-refractivity contribution >= 4 is 43.5 Å². The fraction of sp³-hybridized carbons (Fsp3) is 0.462. The number of hydrogen-bond donors (Lipinski definition) is 1. The van der Waals surface area contributed by atoms with Crippen LogP contribution in [0.25, 0.3) is 0 Å². The molecule has 1 atom stereocenters. The number of carbonyl (C=O) groups is 2. The molecule has 0 heterocycles. The number of amides is 2. The summed E-state index contributed by atoms with van der Waals surface area (Å²) in [6.07, 6.45) is 6.30. The van der Waals surface area contributed by atoms with Crippen LogP contribution in [0.5, 0.6) is 0 Å². The molecule has 1 aliphatic carbocycles. The summed E-state index contributed by atoms with van der Waals surface area (Å²) in [5, 5.41) is 3.11. The summed E-state index contributed by atoms with van der Waals surface area (Å²) >= 11 is 3.36. The Morgan fingerprint density at radius 2 is 1.77 bits per heavy atom. The summed E-state index contributed by atoms with van der Waals surface area (Å²) in [6.45, 7) is 3.47. The molecule has 1 fully saturated rings. The van der Waals surface area contributed by atoms with Gasteiger partial charge in [0.1, 0.15) is 12.6 Å². The molecule has 7 nitrogen and oxygen atoms in total. The lowest BCUT2D eigenvalue weighted by atomic mass is 9.95. The third-order valence-electron chi connectivity index (χ3n) is 6.50. The van der Waals surface area contributed by atoms with Crippen molar-refractivity contribution in [1.82, 2.24) is 10.2 Å². The number of halogens is 1. The van der Waals surface area contributed by atoms with E-state index in [1.54, 1.807) is 31.2 Å². The first-order valence-electron chi connectivity index (χ1n) is 11.9. The smallest absolute Gasteiger partial charge is 0.244 e. The Morgan fingerprint density at radius 3 is 2.40 bits per heavy atom. The lowest BCUT2D eigenvalue weighted by molar-refractivity contribution is -0.139. The molecule has 0 radical (unpaired) electrons. The predicted molar refractivity (Wildman–Crippen MR) is 143 cm³/mol. The highest BCUT2D eigenvalue weighted by atomic mass is 79.9. The van der Waals surface area contributed by atoms with Crippen LogP contribution in [-0.4, -0.2) is 50.0 Å². The van der Waals surface area contributed by atoms with E-state index in [1.807, 2.05) is 31.2 Å². The summed E-state index contributed by atoms with van der Waals surface area (Å²) in [5.74, 6) is -0.655. The zero-order chi connectivity index (χ0) is 25.6. The molecule has 1 N–H and O–H groups in total. The lowest BCUT2D eigenvalue weighted by Crippen LogP contribution is -2.53. The van der Waals surface area contributed by atoms with Crippen molar-refractivity contribution in [3.05, 3.63) is 64.1 Å². The van der Waals surface area contributed by atoms with Crippen LogP contribution in [0.4, 0.5) is 5.69 Å². The molecule has 0 bridgehead atoms. The number of hydrogen-bond acceptors (Lipinski definition) is 4. The van der Waals surface area contributed by atoms with E-state index < -0.39 is 28.5 Å². The number of rotatable bonds is 9. The molecule has 2 aromatic rings. The first-order valence-corrected chi connectivity index (χ1v) is 14.6. The van der Waals surface area contributed by atoms with Gasteiger partial charge in [0.25, 0.3) is 0 Å². The third kappa shape index (κ3) is 7.54. The minimum Gasteiger partial charge on any atom is -0.352 e. The Kier molecular flexibility index (Phi) is 9.35. The summed E-state index contributed by atoms with van der Waals surface area (Å²) in [6, 6.07) is 13.8. The first kappa shape index (κ1) is 27.2. The van der Waals surface area contributed by atoms with Crippen LogP contribution >= 0.6 is 15.9 Å². The van der Waals surface area contributed by atoms with Gasteiger partial charge >= 0.3 is 0 Å². The zero-order valence-electron chi connectivity index (χ0n) is 20.5. The van der Waals surface area contributed by atoms with E-state index in [4.69, 9.17) is 0 Å². The largest absolute Gasteiger partial charge is 0.352 e. The standard InChI is InChI=1S/C26H34BrN3O4S/c1-19-10-7-8-11-21(19)17-29(20(2)26(32)28-23-13-5-4-6-14-23)25(31)18-30(35(3,33)34)24-15-9-12-22(27)16-24/h7-12,15-16,20,23H,4-6,13-14,17-18H2,1-3H3,(H,28,32). The summed E-state index contributed by atoms with van der Waals surface area (Å²) in [7, 11) is -3.75. The third-order valence-corrected chi connectivity index (χ3v) is 8.13. The molecular formula is C26H34BrN3O4S. The van der Waals surface area contributed by atoms with Crippen LogP contribution < -0.4 is 9.62 Å². The van der Waals surface area contributed by atoms with Crippen LogP contribution in [0.3, 0.4) is 0 Å². The number of benzene rings is 2. The zero-order valence-corrected chi connectivity index (χ0v) is 22.9. The molecule has 1 unspecified atom stereocenters. The number of nitrogens with one attached hydrogen (secondary N) is 1. The topological polar surface area (TPSA) is 86.8 Å². The number of aryl methyl sites for hydroxylation is 1. The van der Waals surface area contributed by atoms with Crippen LogP contribution in [0.2, 0.25) is 0 Å². The lowest BCUT2D eigenvalue weighted by Gasteiger charge is -2.33. The molecule has 1 saturated carbocycles. The molecule has 190 valence electrons. The first-order chi connectivity index (χ1) is 16.6. The molecule has 35 heavy (non-hydrogen) atoms. The second kappa shape index (κ2) is 12.0. The molecule has 3 rings (SSSR count). The van der Waals surface area contributed by atoms with E-state index in [2.05, 4.69) is 21.2 Å². The highest BCUT2D eigenvalue weighted by Gasteiger charge is 2.31. The maximum Gasteiger partial charge on any atom is 0.244 e. The Bertz CT molecular complexity index is 1150. The van der Waals surface area contributed by atoms with Gasteiger partial charge in [-0.3, -0.25) is 13.9 Å². The molecular weight excluding hydrogens is 530 g/mol. The van der Waals surface area contributed by atoms with Crippen LogP contribution in [0.1, 0.15) is 50.2 Å². The highest BCUT2D eigenvalue weighted by molar-refractivity contribution is 9.10. The Labute approximate surface area is 217 Å². The van der Waals surface area contributed by atoms with E-state index in [-0.39, 0.29) is 18.5 Å². The van der Waals surface area contributed by atoms with Crippen molar-refractivity contribution in [1.29, 1.82) is 0 Å². The van der Waals surface area contributed by atoms with Gasteiger partial charge in [-0.1, -0.05) is 65.5 Å². The van der Waals surface area contributed by atoms with Gasteiger partial charge in [-0.15, -0.1) is 0 Å². The second-order valence-electron chi connectivity index (χ2n) is 9.22. The number of nitrogens with zero attached hydrogens (tertiary/aromatic N) is 2. The monoisotopic (exact) mass is 563 g/mol. The summed E-state index contributed by atoms with van der Waals surface area (Å²) in [5.41, 5.74) is 2.29. The van der Waals surface area contributed by atoms with Gasteiger partial charge in [0, 0.05) is 17.1 Å². The Balaban J connectivity index is 1.88. The molecule has 2 amide bonds. The van der Waals surface area contributed by atoms with Gasteiger partial charge in [-0.05, 0) is 56.0 Å². The van der Waals surface area contributed by atoms with Crippen LogP contribution in [0, 0.1) is 6.92 Å². The van der Waals surface area contributed by atoms with Gasteiger partial charge in [0.15, 0.2) is 0 Å². The van der Waals surface area contributed by atoms with Gasteiger partial charge in [0.2, 0.25) is 21.8 Å². The van der Waals surface area contributed by atoms with E-state index >= 15 is 0 Å². The maximum absolute atomic E-state index is 13.6. The van der Waals surface area contributed by atoms with Gasteiger partial charge < -0.3 is 10.2 Å². The quantitative estimate of drug-likeness (QED) is 0.490. The number of anilines is 1. The minimum atomic E-state index is -3.75. The van der Waals surface area contributed by atoms with E-state index in [0.717, 1.165) is 47.4 Å². The predicted octanol–water partition coefficient (Wildman–Crippen LogP) is 4.39. The van der Waals surface area contributed by atoms with Crippen molar-refractivity contribution in [2.24, 2.45) is 0 Å². The number of sulfonamides is 1. The van der Waals surface area contributed by atoms with Crippen molar-refractivity contribution in [2.75, 3.05) is 17.1 Å². The average Bonchev–Trinajstić information content (AvgIpc) is 2.81. The van der Waals surface area contributed by atoms with Gasteiger partial charge in [-0.25, -0.2) is 8.42 Å². The van der Waals surface area contributed by atoms with Crippen molar-refractivity contribution < 1.29 is 18.0 Å². The van der Waals surface area contributed by atoms with Crippen LogP contribution in [0.15, 0.2) is 53.0 Å².